The van der Waals surface area contributed by atoms with Crippen LogP contribution in [0.1, 0.15) is 32.3 Å². The Bertz CT molecular complexity index is 519. The van der Waals surface area contributed by atoms with Crippen LogP contribution < -0.4 is 5.32 Å². The second-order valence-electron chi connectivity index (χ2n) is 7.18. The minimum atomic E-state index is -0.181. The van der Waals surface area contributed by atoms with E-state index < -0.39 is 0 Å². The number of rotatable bonds is 3. The molecule has 0 aliphatic carbocycles. The monoisotopic (exact) mass is 331 g/mol. The van der Waals surface area contributed by atoms with E-state index >= 15 is 0 Å². The fourth-order valence-electron chi connectivity index (χ4n) is 3.89. The molecule has 1 aromatic rings. The molecule has 0 bridgehead atoms. The zero-order chi connectivity index (χ0) is 16.9. The summed E-state index contributed by atoms with van der Waals surface area (Å²) in [7, 11) is 0. The quantitative estimate of drug-likeness (QED) is 0.924. The molecule has 1 aromatic carbocycles. The average Bonchev–Trinajstić information content (AvgIpc) is 2.60. The van der Waals surface area contributed by atoms with E-state index in [4.69, 9.17) is 4.74 Å². The van der Waals surface area contributed by atoms with Gasteiger partial charge in [0.1, 0.15) is 6.61 Å². The van der Waals surface area contributed by atoms with Crippen LogP contribution in [0.25, 0.3) is 0 Å². The molecule has 2 fully saturated rings. The molecule has 1 amide bonds. The van der Waals surface area contributed by atoms with Crippen LogP contribution in [-0.4, -0.2) is 60.2 Å². The van der Waals surface area contributed by atoms with Gasteiger partial charge < -0.3 is 15.0 Å². The molecule has 3 rings (SSSR count). The zero-order valence-corrected chi connectivity index (χ0v) is 14.8. The number of amides is 1. The Morgan fingerprint density at radius 3 is 2.38 bits per heavy atom. The summed E-state index contributed by atoms with van der Waals surface area (Å²) in [5.41, 5.74) is 1.03. The molecule has 5 heteroatoms. The Hall–Kier alpha value is -1.59. The van der Waals surface area contributed by atoms with Crippen LogP contribution in [-0.2, 0) is 11.3 Å². The number of likely N-dealkylation sites (tertiary alicyclic amines) is 1. The highest BCUT2D eigenvalue weighted by molar-refractivity contribution is 5.67. The molecule has 1 N–H and O–H groups in total. The van der Waals surface area contributed by atoms with Gasteiger partial charge in [0, 0.05) is 44.3 Å². The molecule has 0 saturated carbocycles. The highest BCUT2D eigenvalue weighted by Crippen LogP contribution is 2.20. The van der Waals surface area contributed by atoms with Crippen LogP contribution >= 0.6 is 0 Å². The van der Waals surface area contributed by atoms with Crippen molar-refractivity contribution in [2.45, 2.75) is 51.4 Å². The predicted octanol–water partition coefficient (Wildman–Crippen LogP) is 2.47. The maximum absolute atomic E-state index is 12.2. The van der Waals surface area contributed by atoms with Crippen molar-refractivity contribution in [1.29, 1.82) is 0 Å². The maximum Gasteiger partial charge on any atom is 0.410 e. The van der Waals surface area contributed by atoms with Crippen LogP contribution in [0.3, 0.4) is 0 Å². The third kappa shape index (κ3) is 4.48. The normalized spacial score (nSPS) is 26.3. The van der Waals surface area contributed by atoms with Crippen molar-refractivity contribution < 1.29 is 9.53 Å². The zero-order valence-electron chi connectivity index (χ0n) is 14.8. The number of benzene rings is 1. The Kier molecular flexibility index (Phi) is 5.74. The summed E-state index contributed by atoms with van der Waals surface area (Å²) >= 11 is 0. The SMILES string of the molecule is C[C@@H]1CN(C2CCN(C(=O)OCc3ccccc3)CC2)C[C@H](C)N1. The smallest absolute Gasteiger partial charge is 0.410 e. The van der Waals surface area contributed by atoms with Crippen LogP contribution in [0.5, 0.6) is 0 Å². The van der Waals surface area contributed by atoms with Gasteiger partial charge in [0.25, 0.3) is 0 Å². The molecule has 0 spiro atoms. The van der Waals surface area contributed by atoms with Crippen molar-refractivity contribution >= 4 is 6.09 Å². The molecule has 0 radical (unpaired) electrons. The van der Waals surface area contributed by atoms with Crippen LogP contribution in [0, 0.1) is 0 Å². The van der Waals surface area contributed by atoms with E-state index in [0.29, 0.717) is 24.7 Å². The first-order valence-corrected chi connectivity index (χ1v) is 9.07. The largest absolute Gasteiger partial charge is 0.445 e. The van der Waals surface area contributed by atoms with E-state index in [2.05, 4.69) is 24.1 Å². The van der Waals surface area contributed by atoms with Gasteiger partial charge in [-0.25, -0.2) is 4.79 Å². The van der Waals surface area contributed by atoms with Gasteiger partial charge in [-0.1, -0.05) is 30.3 Å². The van der Waals surface area contributed by atoms with Gasteiger partial charge in [-0.3, -0.25) is 4.90 Å². The van der Waals surface area contributed by atoms with Crippen LogP contribution in [0.4, 0.5) is 4.79 Å². The first kappa shape index (κ1) is 17.2. The van der Waals surface area contributed by atoms with E-state index in [1.807, 2.05) is 35.2 Å². The molecule has 0 aromatic heterocycles. The number of carbonyl (C=O) groups is 1. The number of nitrogens with one attached hydrogen (secondary N) is 1. The van der Waals surface area contributed by atoms with Crippen molar-refractivity contribution in [3.05, 3.63) is 35.9 Å². The predicted molar refractivity (Wildman–Crippen MR) is 94.9 cm³/mol. The second-order valence-corrected chi connectivity index (χ2v) is 7.18. The molecule has 2 saturated heterocycles. The fraction of sp³-hybridized carbons (Fsp3) is 0.632. The highest BCUT2D eigenvalue weighted by Gasteiger charge is 2.31. The number of carbonyl (C=O) groups excluding carboxylic acids is 1. The molecule has 0 unspecified atom stereocenters. The molecule has 5 nitrogen and oxygen atoms in total. The van der Waals surface area contributed by atoms with Gasteiger partial charge in [0.2, 0.25) is 0 Å². The number of hydrogen-bond donors (Lipinski definition) is 1. The Labute approximate surface area is 145 Å². The van der Waals surface area contributed by atoms with Gasteiger partial charge in [0.15, 0.2) is 0 Å². The lowest BCUT2D eigenvalue weighted by molar-refractivity contribution is 0.0537. The Morgan fingerprint density at radius 1 is 1.12 bits per heavy atom. The third-order valence-electron chi connectivity index (χ3n) is 5.03. The first-order valence-electron chi connectivity index (χ1n) is 9.07. The van der Waals surface area contributed by atoms with Gasteiger partial charge in [-0.15, -0.1) is 0 Å². The van der Waals surface area contributed by atoms with E-state index in [9.17, 15) is 4.79 Å². The summed E-state index contributed by atoms with van der Waals surface area (Å²) in [6.45, 7) is 8.65. The summed E-state index contributed by atoms with van der Waals surface area (Å²) < 4.78 is 5.45. The molecule has 24 heavy (non-hydrogen) atoms. The van der Waals surface area contributed by atoms with E-state index in [1.54, 1.807) is 0 Å². The lowest BCUT2D eigenvalue weighted by atomic mass is 10.0. The highest BCUT2D eigenvalue weighted by atomic mass is 16.6. The second kappa shape index (κ2) is 7.99. The third-order valence-corrected chi connectivity index (χ3v) is 5.03. The number of piperazine rings is 1. The topological polar surface area (TPSA) is 44.8 Å². The summed E-state index contributed by atoms with van der Waals surface area (Å²) in [5, 5.41) is 3.58. The van der Waals surface area contributed by atoms with Crippen molar-refractivity contribution in [2.75, 3.05) is 26.2 Å². The van der Waals surface area contributed by atoms with Crippen LogP contribution in [0.15, 0.2) is 30.3 Å². The van der Waals surface area contributed by atoms with E-state index in [0.717, 1.165) is 44.6 Å². The Balaban J connectivity index is 1.43. The van der Waals surface area contributed by atoms with Gasteiger partial charge in [0.05, 0.1) is 0 Å². The maximum atomic E-state index is 12.2. The number of hydrogen-bond acceptors (Lipinski definition) is 4. The summed E-state index contributed by atoms with van der Waals surface area (Å²) in [4.78, 5) is 16.7. The standard InChI is InChI=1S/C19H29N3O2/c1-15-12-22(13-16(2)20-15)18-8-10-21(11-9-18)19(23)24-14-17-6-4-3-5-7-17/h3-7,15-16,18,20H,8-14H2,1-2H3/t15-,16+. The minimum absolute atomic E-state index is 0.181. The van der Waals surface area contributed by atoms with Crippen molar-refractivity contribution in [3.63, 3.8) is 0 Å². The van der Waals surface area contributed by atoms with Crippen molar-refractivity contribution in [1.82, 2.24) is 15.1 Å². The Morgan fingerprint density at radius 2 is 1.75 bits per heavy atom. The number of nitrogens with zero attached hydrogens (tertiary/aromatic N) is 2. The van der Waals surface area contributed by atoms with Gasteiger partial charge in [-0.05, 0) is 32.3 Å². The summed E-state index contributed by atoms with van der Waals surface area (Å²) in [6, 6.07) is 11.5. The fourth-order valence-corrected chi connectivity index (χ4v) is 3.89. The minimum Gasteiger partial charge on any atom is -0.445 e. The number of ether oxygens (including phenoxy) is 1. The van der Waals surface area contributed by atoms with Crippen molar-refractivity contribution in [3.8, 4) is 0 Å². The molecular formula is C19H29N3O2. The lowest BCUT2D eigenvalue weighted by Gasteiger charge is -2.43. The lowest BCUT2D eigenvalue weighted by Crippen LogP contribution is -2.58. The first-order chi connectivity index (χ1) is 11.6. The molecule has 2 heterocycles. The molecular weight excluding hydrogens is 302 g/mol. The molecule has 132 valence electrons. The summed E-state index contributed by atoms with van der Waals surface area (Å²) in [5.74, 6) is 0. The van der Waals surface area contributed by atoms with Gasteiger partial charge in [-0.2, -0.15) is 0 Å². The summed E-state index contributed by atoms with van der Waals surface area (Å²) in [6.07, 6.45) is 1.90. The molecule has 2 aliphatic rings. The average molecular weight is 331 g/mol. The molecule has 2 atom stereocenters. The van der Waals surface area contributed by atoms with Gasteiger partial charge >= 0.3 is 6.09 Å². The van der Waals surface area contributed by atoms with E-state index in [-0.39, 0.29) is 6.09 Å². The van der Waals surface area contributed by atoms with Crippen molar-refractivity contribution in [2.24, 2.45) is 0 Å². The van der Waals surface area contributed by atoms with E-state index in [1.165, 1.54) is 0 Å². The van der Waals surface area contributed by atoms with Crippen LogP contribution in [0.2, 0.25) is 0 Å². The number of piperidine rings is 1. The molecule has 2 aliphatic heterocycles.